The van der Waals surface area contributed by atoms with Crippen molar-refractivity contribution in [3.8, 4) is 5.88 Å². The van der Waals surface area contributed by atoms with Crippen LogP contribution in [0.1, 0.15) is 11.3 Å². The summed E-state index contributed by atoms with van der Waals surface area (Å²) < 4.78 is 5.06. The molecule has 4 N–H and O–H groups in total. The summed E-state index contributed by atoms with van der Waals surface area (Å²) in [6, 6.07) is 11.0. The van der Waals surface area contributed by atoms with E-state index in [0.29, 0.717) is 24.4 Å². The Labute approximate surface area is 166 Å². The lowest BCUT2D eigenvalue weighted by molar-refractivity contribution is 0.252. The average molecular weight is 391 g/mol. The van der Waals surface area contributed by atoms with Gasteiger partial charge in [-0.25, -0.2) is 9.78 Å². The van der Waals surface area contributed by atoms with Crippen molar-refractivity contribution in [1.82, 2.24) is 20.3 Å². The first-order chi connectivity index (χ1) is 14.1. The molecule has 4 aromatic rings. The average Bonchev–Trinajstić information content (AvgIpc) is 3.05. The van der Waals surface area contributed by atoms with Crippen LogP contribution in [0.5, 0.6) is 5.88 Å². The zero-order chi connectivity index (χ0) is 20.4. The van der Waals surface area contributed by atoms with Crippen LogP contribution in [-0.2, 0) is 6.42 Å². The number of rotatable bonds is 5. The quantitative estimate of drug-likeness (QED) is 0.419. The number of carbonyl (C=O) groups excluding carboxylic acids is 1. The number of fused-ring (bicyclic) bond motifs is 2. The summed E-state index contributed by atoms with van der Waals surface area (Å²) in [6.45, 7) is 2.46. The van der Waals surface area contributed by atoms with E-state index in [-0.39, 0.29) is 16.6 Å². The normalized spacial score (nSPS) is 11.0. The van der Waals surface area contributed by atoms with Crippen LogP contribution in [0, 0.1) is 6.92 Å². The molecule has 0 saturated carbocycles. The molecule has 3 aromatic heterocycles. The third-order valence-electron chi connectivity index (χ3n) is 4.85. The Morgan fingerprint density at radius 3 is 2.83 bits per heavy atom. The molecular formula is C21H21N5O3. The van der Waals surface area contributed by atoms with Gasteiger partial charge in [0.1, 0.15) is 11.2 Å². The van der Waals surface area contributed by atoms with Gasteiger partial charge >= 0.3 is 6.03 Å². The molecule has 1 aromatic carbocycles. The highest BCUT2D eigenvalue weighted by Crippen LogP contribution is 2.22. The van der Waals surface area contributed by atoms with Crippen molar-refractivity contribution >= 4 is 33.7 Å². The van der Waals surface area contributed by atoms with E-state index in [2.05, 4.69) is 31.7 Å². The smallest absolute Gasteiger partial charge is 0.319 e. The van der Waals surface area contributed by atoms with Crippen LogP contribution < -0.4 is 20.8 Å². The lowest BCUT2D eigenvalue weighted by Crippen LogP contribution is -2.32. The number of nitrogens with one attached hydrogen (secondary N) is 4. The van der Waals surface area contributed by atoms with Gasteiger partial charge in [-0.2, -0.15) is 0 Å². The number of hydrogen-bond acceptors (Lipinski definition) is 4. The molecule has 8 heteroatoms. The third kappa shape index (κ3) is 3.64. The third-order valence-corrected chi connectivity index (χ3v) is 4.85. The number of carbonyl (C=O) groups is 1. The minimum Gasteiger partial charge on any atom is -0.481 e. The molecule has 0 aliphatic heterocycles. The molecule has 0 saturated heterocycles. The fourth-order valence-corrected chi connectivity index (χ4v) is 3.40. The molecule has 4 rings (SSSR count). The largest absolute Gasteiger partial charge is 0.481 e. The highest BCUT2D eigenvalue weighted by molar-refractivity contribution is 5.91. The summed E-state index contributed by atoms with van der Waals surface area (Å²) in [5.74, 6) is 0.332. The summed E-state index contributed by atoms with van der Waals surface area (Å²) in [4.78, 5) is 35.3. The minimum absolute atomic E-state index is 0.124. The maximum atomic E-state index is 12.6. The van der Waals surface area contributed by atoms with Crippen molar-refractivity contribution in [2.75, 3.05) is 19.0 Å². The molecule has 29 heavy (non-hydrogen) atoms. The first-order valence-corrected chi connectivity index (χ1v) is 9.24. The Kier molecular flexibility index (Phi) is 4.90. The van der Waals surface area contributed by atoms with Crippen LogP contribution >= 0.6 is 0 Å². The first-order valence-electron chi connectivity index (χ1n) is 9.24. The molecule has 0 bridgehead atoms. The van der Waals surface area contributed by atoms with E-state index in [4.69, 9.17) is 4.74 Å². The number of aryl methyl sites for hydroxylation is 1. The van der Waals surface area contributed by atoms with E-state index in [1.807, 2.05) is 25.1 Å². The molecule has 148 valence electrons. The van der Waals surface area contributed by atoms with Gasteiger partial charge in [-0.3, -0.25) is 4.79 Å². The first kappa shape index (κ1) is 18.5. The van der Waals surface area contributed by atoms with E-state index in [0.717, 1.165) is 16.6 Å². The molecular weight excluding hydrogens is 370 g/mol. The number of pyridine rings is 2. The van der Waals surface area contributed by atoms with Crippen molar-refractivity contribution in [1.29, 1.82) is 0 Å². The topological polar surface area (TPSA) is 112 Å². The number of amides is 2. The van der Waals surface area contributed by atoms with E-state index in [1.54, 1.807) is 12.1 Å². The number of aromatic amines is 2. The number of aromatic nitrogens is 3. The van der Waals surface area contributed by atoms with Gasteiger partial charge in [0.15, 0.2) is 0 Å². The van der Waals surface area contributed by atoms with Gasteiger partial charge in [0, 0.05) is 35.4 Å². The Morgan fingerprint density at radius 1 is 1.17 bits per heavy atom. The van der Waals surface area contributed by atoms with Gasteiger partial charge in [-0.1, -0.05) is 18.2 Å². The second-order valence-electron chi connectivity index (χ2n) is 6.69. The fraction of sp³-hybridized carbons (Fsp3) is 0.190. The second-order valence-corrected chi connectivity index (χ2v) is 6.69. The molecule has 0 spiro atoms. The molecule has 0 atom stereocenters. The van der Waals surface area contributed by atoms with Gasteiger partial charge < -0.3 is 25.3 Å². The van der Waals surface area contributed by atoms with E-state index >= 15 is 0 Å². The number of benzene rings is 1. The summed E-state index contributed by atoms with van der Waals surface area (Å²) in [6.07, 6.45) is 2.14. The van der Waals surface area contributed by atoms with Gasteiger partial charge in [-0.15, -0.1) is 0 Å². The van der Waals surface area contributed by atoms with Crippen LogP contribution in [0.2, 0.25) is 0 Å². The van der Waals surface area contributed by atoms with E-state index in [1.165, 1.54) is 18.9 Å². The number of para-hydroxylation sites is 1. The lowest BCUT2D eigenvalue weighted by Gasteiger charge is -2.08. The van der Waals surface area contributed by atoms with Crippen molar-refractivity contribution < 1.29 is 9.53 Å². The van der Waals surface area contributed by atoms with Gasteiger partial charge in [0.25, 0.3) is 0 Å². The highest BCUT2D eigenvalue weighted by Gasteiger charge is 2.12. The second kappa shape index (κ2) is 7.67. The van der Waals surface area contributed by atoms with E-state index in [9.17, 15) is 9.59 Å². The maximum Gasteiger partial charge on any atom is 0.319 e. The highest BCUT2D eigenvalue weighted by atomic mass is 16.5. The zero-order valence-corrected chi connectivity index (χ0v) is 16.1. The maximum absolute atomic E-state index is 12.6. The number of methoxy groups -OCH3 is 1. The van der Waals surface area contributed by atoms with Crippen LogP contribution in [0.4, 0.5) is 10.5 Å². The van der Waals surface area contributed by atoms with Crippen molar-refractivity contribution in [3.63, 3.8) is 0 Å². The van der Waals surface area contributed by atoms with Gasteiger partial charge in [0.05, 0.1) is 12.6 Å². The number of hydrogen-bond donors (Lipinski definition) is 4. The van der Waals surface area contributed by atoms with Crippen molar-refractivity contribution in [3.05, 3.63) is 64.1 Å². The summed E-state index contributed by atoms with van der Waals surface area (Å²) in [7, 11) is 1.48. The molecule has 0 aliphatic carbocycles. The molecule has 0 fully saturated rings. The Morgan fingerprint density at radius 2 is 2.00 bits per heavy atom. The van der Waals surface area contributed by atoms with Gasteiger partial charge in [-0.05, 0) is 31.0 Å². The minimum atomic E-state index is -0.449. The van der Waals surface area contributed by atoms with Crippen molar-refractivity contribution in [2.45, 2.75) is 13.3 Å². The molecule has 3 heterocycles. The predicted octanol–water partition coefficient (Wildman–Crippen LogP) is 3.09. The Bertz CT molecular complexity index is 1260. The van der Waals surface area contributed by atoms with Crippen LogP contribution in [0.25, 0.3) is 21.9 Å². The number of anilines is 1. The standard InChI is InChI=1S/C21H21N5O3/c1-12-13(14-5-3-4-6-15(14)24-12)9-10-22-21(28)25-17-11-23-16-7-8-18(29-2)26-19(16)20(17)27/h3-8,11,24H,9-10H2,1-2H3,(H,23,27)(H2,22,25,28). The molecule has 8 nitrogen and oxygen atoms in total. The number of nitrogens with zero attached hydrogens (tertiary/aromatic N) is 1. The van der Waals surface area contributed by atoms with Crippen LogP contribution in [0.3, 0.4) is 0 Å². The SMILES string of the molecule is COc1ccc2[nH]cc(NC(=O)NCCc3c(C)[nH]c4ccccc34)c(=O)c2n1. The van der Waals surface area contributed by atoms with Crippen molar-refractivity contribution in [2.24, 2.45) is 0 Å². The van der Waals surface area contributed by atoms with Crippen LogP contribution in [0.15, 0.2) is 47.4 Å². The predicted molar refractivity (Wildman–Crippen MR) is 113 cm³/mol. The van der Waals surface area contributed by atoms with Gasteiger partial charge in [0.2, 0.25) is 11.3 Å². The number of H-pyrrole nitrogens is 2. The monoisotopic (exact) mass is 391 g/mol. The summed E-state index contributed by atoms with van der Waals surface area (Å²) >= 11 is 0. The Balaban J connectivity index is 1.44. The summed E-state index contributed by atoms with van der Waals surface area (Å²) in [5.41, 5.74) is 3.85. The Hall–Kier alpha value is -3.81. The number of ether oxygens (including phenoxy) is 1. The molecule has 2 amide bonds. The summed E-state index contributed by atoms with van der Waals surface area (Å²) in [5, 5.41) is 6.54. The fourth-order valence-electron chi connectivity index (χ4n) is 3.40. The van der Waals surface area contributed by atoms with Crippen LogP contribution in [-0.4, -0.2) is 34.6 Å². The number of urea groups is 1. The molecule has 0 unspecified atom stereocenters. The molecule has 0 aliphatic rings. The lowest BCUT2D eigenvalue weighted by atomic mass is 10.1. The zero-order valence-electron chi connectivity index (χ0n) is 16.1. The molecule has 0 radical (unpaired) electrons. The van der Waals surface area contributed by atoms with E-state index < -0.39 is 6.03 Å².